The van der Waals surface area contributed by atoms with Gasteiger partial charge < -0.3 is 9.87 Å². The summed E-state index contributed by atoms with van der Waals surface area (Å²) in [7, 11) is -2.14. The first-order chi connectivity index (χ1) is 12.4. The Bertz CT molecular complexity index is 875. The summed E-state index contributed by atoms with van der Waals surface area (Å²) in [5.74, 6) is 1.20. The summed E-state index contributed by atoms with van der Waals surface area (Å²) in [6.07, 6.45) is 4.13. The number of hydrogen-bond donors (Lipinski definition) is 1. The van der Waals surface area contributed by atoms with Crippen LogP contribution in [-0.2, 0) is 10.1 Å². The van der Waals surface area contributed by atoms with Crippen LogP contribution in [0.2, 0.25) is 0 Å². The van der Waals surface area contributed by atoms with Crippen LogP contribution in [-0.4, -0.2) is 41.9 Å². The van der Waals surface area contributed by atoms with Crippen molar-refractivity contribution < 1.29 is 17.5 Å². The van der Waals surface area contributed by atoms with Crippen LogP contribution in [0.1, 0.15) is 5.56 Å². The number of hydrogen-bond acceptors (Lipinski definition) is 5. The van der Waals surface area contributed by atoms with Gasteiger partial charge in [0.1, 0.15) is 17.2 Å². The Balaban J connectivity index is 0.000000197. The second-order valence-electron chi connectivity index (χ2n) is 5.72. The van der Waals surface area contributed by atoms with Crippen molar-refractivity contribution in [3.63, 3.8) is 0 Å². The Morgan fingerprint density at radius 2 is 1.77 bits per heavy atom. The van der Waals surface area contributed by atoms with Gasteiger partial charge in [0.25, 0.3) is 0 Å². The fourth-order valence-electron chi connectivity index (χ4n) is 2.13. The van der Waals surface area contributed by atoms with E-state index in [9.17, 15) is 13.0 Å². The summed E-state index contributed by atoms with van der Waals surface area (Å²) in [5, 5.41) is 4.58. The molecule has 138 valence electrons. The predicted molar refractivity (Wildman–Crippen MR) is 107 cm³/mol. The molecule has 3 rings (SSSR count). The first-order valence-electron chi connectivity index (χ1n) is 8.08. The third-order valence-corrected chi connectivity index (χ3v) is 5.59. The Morgan fingerprint density at radius 3 is 2.31 bits per heavy atom. The molecule has 26 heavy (non-hydrogen) atoms. The predicted octanol–water partition coefficient (Wildman–Crippen LogP) is 3.30. The van der Waals surface area contributed by atoms with Gasteiger partial charge in [-0.3, -0.25) is 0 Å². The monoisotopic (exact) mass is 390 g/mol. The van der Waals surface area contributed by atoms with E-state index in [-0.39, 0.29) is 4.90 Å². The van der Waals surface area contributed by atoms with Gasteiger partial charge in [0.15, 0.2) is 6.54 Å². The fourth-order valence-corrected chi connectivity index (χ4v) is 3.65. The zero-order valence-electron chi connectivity index (χ0n) is 14.8. The quantitative estimate of drug-likeness (QED) is 0.641. The normalized spacial score (nSPS) is 14.3. The number of para-hydroxylation sites is 1. The van der Waals surface area contributed by atoms with E-state index >= 15 is 0 Å². The summed E-state index contributed by atoms with van der Waals surface area (Å²) in [4.78, 5) is -0.178. The third kappa shape index (κ3) is 6.67. The standard InChI is InChI=1S/C12H14N2S.C7H8O3S/c1-14-9-10-15-12(14)7-8-13-11-5-3-2-4-6-11;1-6-2-4-7(5-3-6)11(8,9)10/h2-8H,9-10H2,1H3;2-5H,1H3,(H,8,9,10). The van der Waals surface area contributed by atoms with Crippen LogP contribution in [0.4, 0.5) is 5.69 Å². The molecule has 0 unspecified atom stereocenters. The maximum absolute atomic E-state index is 10.4. The van der Waals surface area contributed by atoms with Crippen LogP contribution < -0.4 is 5.32 Å². The average molecular weight is 391 g/mol. The van der Waals surface area contributed by atoms with E-state index in [0.717, 1.165) is 17.8 Å². The van der Waals surface area contributed by atoms with Gasteiger partial charge in [-0.15, -0.1) is 0 Å². The van der Waals surface area contributed by atoms with Gasteiger partial charge in [0.05, 0.1) is 10.6 Å². The zero-order chi connectivity index (χ0) is 19.0. The highest BCUT2D eigenvalue weighted by molar-refractivity contribution is 8.14. The molecule has 1 N–H and O–H groups in total. The second-order valence-corrected chi connectivity index (χ2v) is 8.21. The number of rotatable bonds is 4. The molecule has 7 heteroatoms. The molecule has 0 spiro atoms. The highest BCUT2D eigenvalue weighted by Crippen LogP contribution is 2.12. The van der Waals surface area contributed by atoms with Crippen molar-refractivity contribution in [3.05, 3.63) is 72.4 Å². The van der Waals surface area contributed by atoms with Crippen LogP contribution in [0.15, 0.2) is 71.8 Å². The number of aryl methyl sites for hydroxylation is 1. The van der Waals surface area contributed by atoms with Gasteiger partial charge in [-0.05, 0) is 31.2 Å². The van der Waals surface area contributed by atoms with Crippen molar-refractivity contribution in [2.75, 3.05) is 24.7 Å². The molecule has 1 heterocycles. The number of nitrogens with zero attached hydrogens (tertiary/aromatic N) is 1. The molecule has 2 aromatic carbocycles. The molecule has 0 saturated carbocycles. The molecular weight excluding hydrogens is 368 g/mol. The van der Waals surface area contributed by atoms with E-state index in [1.54, 1.807) is 12.1 Å². The number of anilines is 1. The average Bonchev–Trinajstić information content (AvgIpc) is 3.01. The van der Waals surface area contributed by atoms with Crippen LogP contribution in [0.5, 0.6) is 0 Å². The van der Waals surface area contributed by atoms with Crippen LogP contribution in [0.3, 0.4) is 0 Å². The summed E-state index contributed by atoms with van der Waals surface area (Å²) in [6, 6.07) is 16.0. The lowest BCUT2D eigenvalue weighted by molar-refractivity contribution is -0.485. The van der Waals surface area contributed by atoms with E-state index in [1.165, 1.54) is 22.9 Å². The summed E-state index contributed by atoms with van der Waals surface area (Å²) < 4.78 is 33.4. The van der Waals surface area contributed by atoms with Crippen molar-refractivity contribution in [2.24, 2.45) is 0 Å². The van der Waals surface area contributed by atoms with Crippen LogP contribution >= 0.6 is 11.8 Å². The summed E-state index contributed by atoms with van der Waals surface area (Å²) >= 11 is 1.90. The van der Waals surface area contributed by atoms with Gasteiger partial charge >= 0.3 is 0 Å². The minimum absolute atomic E-state index is 0.178. The van der Waals surface area contributed by atoms with Gasteiger partial charge in [-0.2, -0.15) is 0 Å². The first kappa shape index (κ1) is 20.2. The van der Waals surface area contributed by atoms with Gasteiger partial charge in [-0.1, -0.05) is 47.7 Å². The van der Waals surface area contributed by atoms with Gasteiger partial charge in [0, 0.05) is 18.0 Å². The minimum Gasteiger partial charge on any atom is -0.744 e. The molecule has 0 amide bonds. The molecule has 0 aromatic heterocycles. The van der Waals surface area contributed by atoms with E-state index < -0.39 is 10.1 Å². The maximum Gasteiger partial charge on any atom is 0.236 e. The Kier molecular flexibility index (Phi) is 7.44. The molecule has 1 aliphatic rings. The van der Waals surface area contributed by atoms with E-state index in [1.807, 2.05) is 43.1 Å². The minimum atomic E-state index is -4.27. The molecule has 0 aliphatic carbocycles. The molecule has 2 aromatic rings. The lowest BCUT2D eigenvalue weighted by atomic mass is 10.2. The largest absolute Gasteiger partial charge is 0.744 e. The van der Waals surface area contributed by atoms with Crippen molar-refractivity contribution in [1.82, 2.24) is 0 Å². The molecule has 0 saturated heterocycles. The topological polar surface area (TPSA) is 72.2 Å². The van der Waals surface area contributed by atoms with E-state index in [0.29, 0.717) is 0 Å². The SMILES string of the molecule is C[N+]1=C(C=CNc2ccccc2)SCC1.Cc1ccc(S(=O)(=O)[O-])cc1. The summed E-state index contributed by atoms with van der Waals surface area (Å²) in [6.45, 7) is 2.97. The smallest absolute Gasteiger partial charge is 0.236 e. The van der Waals surface area contributed by atoms with E-state index in [4.69, 9.17) is 0 Å². The molecule has 0 fully saturated rings. The first-order valence-corrected chi connectivity index (χ1v) is 10.5. The van der Waals surface area contributed by atoms with Crippen molar-refractivity contribution in [1.29, 1.82) is 0 Å². The Labute approximate surface area is 159 Å². The number of nitrogens with one attached hydrogen (secondary N) is 1. The van der Waals surface area contributed by atoms with Crippen LogP contribution in [0.25, 0.3) is 0 Å². The lowest BCUT2D eigenvalue weighted by Crippen LogP contribution is -2.06. The molecule has 0 bridgehead atoms. The second kappa shape index (κ2) is 9.56. The zero-order valence-corrected chi connectivity index (χ0v) is 16.4. The third-order valence-electron chi connectivity index (χ3n) is 3.61. The molecule has 1 aliphatic heterocycles. The molecule has 0 atom stereocenters. The summed E-state index contributed by atoms with van der Waals surface area (Å²) in [5.41, 5.74) is 2.05. The maximum atomic E-state index is 10.4. The number of benzene rings is 2. The fraction of sp³-hybridized carbons (Fsp3) is 0.211. The highest BCUT2D eigenvalue weighted by atomic mass is 32.2. The van der Waals surface area contributed by atoms with Crippen LogP contribution in [0, 0.1) is 6.92 Å². The van der Waals surface area contributed by atoms with Gasteiger partial charge in [0.2, 0.25) is 5.04 Å². The molecule has 0 radical (unpaired) electrons. The van der Waals surface area contributed by atoms with Crippen molar-refractivity contribution in [2.45, 2.75) is 11.8 Å². The van der Waals surface area contributed by atoms with E-state index in [2.05, 4.69) is 35.1 Å². The number of thioether (sulfide) groups is 1. The van der Waals surface area contributed by atoms with Crippen molar-refractivity contribution in [3.8, 4) is 0 Å². The Hall–Kier alpha value is -2.09. The Morgan fingerprint density at radius 1 is 1.12 bits per heavy atom. The molecule has 5 nitrogen and oxygen atoms in total. The highest BCUT2D eigenvalue weighted by Gasteiger charge is 2.15. The van der Waals surface area contributed by atoms with Gasteiger partial charge in [-0.25, -0.2) is 13.0 Å². The molecular formula is C19H22N2O3S2. The van der Waals surface area contributed by atoms with Crippen molar-refractivity contribution >= 4 is 32.6 Å². The lowest BCUT2D eigenvalue weighted by Gasteiger charge is -2.05.